The number of halogens is 2. The first-order valence-corrected chi connectivity index (χ1v) is 8.11. The Kier molecular flexibility index (Phi) is 5.96. The lowest BCUT2D eigenvalue weighted by Crippen LogP contribution is -2.27. The highest BCUT2D eigenvalue weighted by atomic mass is 35.5. The number of carbonyl (C=O) groups is 1. The van der Waals surface area contributed by atoms with Crippen LogP contribution in [0.5, 0.6) is 0 Å². The van der Waals surface area contributed by atoms with Crippen LogP contribution in [-0.2, 0) is 18.3 Å². The van der Waals surface area contributed by atoms with E-state index in [-0.39, 0.29) is 5.91 Å². The molecule has 21 heavy (non-hydrogen) atoms. The highest BCUT2D eigenvalue weighted by Gasteiger charge is 2.06. The van der Waals surface area contributed by atoms with E-state index in [2.05, 4.69) is 10.3 Å². The van der Waals surface area contributed by atoms with Gasteiger partial charge in [0.15, 0.2) is 5.16 Å². The Bertz CT molecular complexity index is 630. The van der Waals surface area contributed by atoms with Gasteiger partial charge in [0.25, 0.3) is 0 Å². The minimum absolute atomic E-state index is 0.0203. The fourth-order valence-electron chi connectivity index (χ4n) is 1.73. The third-order valence-corrected chi connectivity index (χ3v) is 4.49. The second-order valence-electron chi connectivity index (χ2n) is 4.45. The number of thioether (sulfide) groups is 1. The molecule has 0 saturated heterocycles. The fourth-order valence-corrected chi connectivity index (χ4v) is 3.00. The number of nitrogens with zero attached hydrogens (tertiary/aromatic N) is 2. The third kappa shape index (κ3) is 4.95. The summed E-state index contributed by atoms with van der Waals surface area (Å²) in [6, 6.07) is 5.37. The van der Waals surface area contributed by atoms with E-state index in [1.807, 2.05) is 23.9 Å². The molecule has 0 spiro atoms. The molecule has 0 radical (unpaired) electrons. The van der Waals surface area contributed by atoms with Crippen LogP contribution in [0.3, 0.4) is 0 Å². The molecule has 1 amide bonds. The molecule has 112 valence electrons. The van der Waals surface area contributed by atoms with Gasteiger partial charge in [0.2, 0.25) is 5.91 Å². The van der Waals surface area contributed by atoms with Crippen LogP contribution in [-0.4, -0.2) is 27.8 Å². The normalized spacial score (nSPS) is 10.6. The number of hydrogen-bond acceptors (Lipinski definition) is 3. The van der Waals surface area contributed by atoms with Gasteiger partial charge in [-0.25, -0.2) is 4.98 Å². The maximum Gasteiger partial charge on any atom is 0.230 e. The van der Waals surface area contributed by atoms with E-state index in [9.17, 15) is 4.79 Å². The zero-order chi connectivity index (χ0) is 15.2. The lowest BCUT2D eigenvalue weighted by molar-refractivity contribution is -0.118. The molecular weight excluding hydrogens is 329 g/mol. The zero-order valence-corrected chi connectivity index (χ0v) is 13.8. The molecule has 0 aliphatic rings. The Balaban J connectivity index is 1.73. The highest BCUT2D eigenvalue weighted by Crippen LogP contribution is 2.21. The van der Waals surface area contributed by atoms with E-state index in [1.54, 1.807) is 18.3 Å². The number of imidazole rings is 1. The molecule has 0 bridgehead atoms. The van der Waals surface area contributed by atoms with Crippen molar-refractivity contribution in [2.45, 2.75) is 11.6 Å². The van der Waals surface area contributed by atoms with Crippen LogP contribution in [0, 0.1) is 0 Å². The smallest absolute Gasteiger partial charge is 0.230 e. The minimum atomic E-state index is -0.0203. The molecular formula is C14H15Cl2N3OS. The summed E-state index contributed by atoms with van der Waals surface area (Å²) in [4.78, 5) is 15.9. The Labute approximate surface area is 137 Å². The van der Waals surface area contributed by atoms with E-state index in [4.69, 9.17) is 23.2 Å². The van der Waals surface area contributed by atoms with Crippen LogP contribution in [0.2, 0.25) is 10.0 Å². The predicted molar refractivity (Wildman–Crippen MR) is 87.1 cm³/mol. The van der Waals surface area contributed by atoms with Gasteiger partial charge in [0.05, 0.1) is 5.75 Å². The second-order valence-corrected chi connectivity index (χ2v) is 6.23. The Morgan fingerprint density at radius 2 is 2.24 bits per heavy atom. The van der Waals surface area contributed by atoms with Crippen molar-refractivity contribution in [3.63, 3.8) is 0 Å². The maximum absolute atomic E-state index is 11.8. The molecule has 0 unspecified atom stereocenters. The van der Waals surface area contributed by atoms with Gasteiger partial charge >= 0.3 is 0 Å². The first-order valence-electron chi connectivity index (χ1n) is 6.37. The standard InChI is InChI=1S/C14H15Cl2N3OS/c1-19-7-6-18-14(19)21-9-13(20)17-5-4-10-2-3-11(15)8-12(10)16/h2-3,6-8H,4-5,9H2,1H3,(H,17,20). The van der Waals surface area contributed by atoms with Crippen molar-refractivity contribution in [1.82, 2.24) is 14.9 Å². The summed E-state index contributed by atoms with van der Waals surface area (Å²) in [7, 11) is 1.90. The number of aromatic nitrogens is 2. The van der Waals surface area contributed by atoms with E-state index in [0.717, 1.165) is 10.7 Å². The topological polar surface area (TPSA) is 46.9 Å². The summed E-state index contributed by atoms with van der Waals surface area (Å²) < 4.78 is 1.88. The number of rotatable bonds is 6. The summed E-state index contributed by atoms with van der Waals surface area (Å²) in [5.41, 5.74) is 0.970. The van der Waals surface area contributed by atoms with Gasteiger partial charge in [0, 0.05) is 36.0 Å². The predicted octanol–water partition coefficient (Wildman–Crippen LogP) is 3.18. The molecule has 7 heteroatoms. The average Bonchev–Trinajstić information content (AvgIpc) is 2.84. The van der Waals surface area contributed by atoms with Gasteiger partial charge in [-0.2, -0.15) is 0 Å². The Morgan fingerprint density at radius 3 is 2.90 bits per heavy atom. The zero-order valence-electron chi connectivity index (χ0n) is 11.5. The second kappa shape index (κ2) is 7.73. The minimum Gasteiger partial charge on any atom is -0.355 e. The quantitative estimate of drug-likeness (QED) is 0.819. The molecule has 1 N–H and O–H groups in total. The summed E-state index contributed by atoms with van der Waals surface area (Å²) >= 11 is 13.3. The number of benzene rings is 1. The molecule has 2 rings (SSSR count). The average molecular weight is 344 g/mol. The van der Waals surface area contributed by atoms with Crippen molar-refractivity contribution < 1.29 is 4.79 Å². The molecule has 1 heterocycles. The first-order chi connectivity index (χ1) is 10.1. The van der Waals surface area contributed by atoms with Crippen LogP contribution < -0.4 is 5.32 Å². The molecule has 1 aromatic carbocycles. The summed E-state index contributed by atoms with van der Waals surface area (Å²) in [6.45, 7) is 0.543. The van der Waals surface area contributed by atoms with Gasteiger partial charge in [0.1, 0.15) is 0 Å². The van der Waals surface area contributed by atoms with Crippen molar-refractivity contribution in [3.8, 4) is 0 Å². The molecule has 4 nitrogen and oxygen atoms in total. The van der Waals surface area contributed by atoms with Crippen molar-refractivity contribution in [2.24, 2.45) is 7.05 Å². The summed E-state index contributed by atoms with van der Waals surface area (Å²) in [5, 5.41) is 4.93. The van der Waals surface area contributed by atoms with Gasteiger partial charge in [-0.1, -0.05) is 41.0 Å². The molecule has 0 atom stereocenters. The van der Waals surface area contributed by atoms with E-state index >= 15 is 0 Å². The van der Waals surface area contributed by atoms with Crippen molar-refractivity contribution in [1.29, 1.82) is 0 Å². The maximum atomic E-state index is 11.8. The molecule has 0 fully saturated rings. The number of aryl methyl sites for hydroxylation is 1. The van der Waals surface area contributed by atoms with Crippen molar-refractivity contribution in [3.05, 3.63) is 46.2 Å². The molecule has 2 aromatic rings. The SMILES string of the molecule is Cn1ccnc1SCC(=O)NCCc1ccc(Cl)cc1Cl. The number of hydrogen-bond donors (Lipinski definition) is 1. The highest BCUT2D eigenvalue weighted by molar-refractivity contribution is 7.99. The Morgan fingerprint density at radius 1 is 1.43 bits per heavy atom. The first kappa shape index (κ1) is 16.2. The number of carbonyl (C=O) groups excluding carboxylic acids is 1. The van der Waals surface area contributed by atoms with E-state index in [1.165, 1.54) is 11.8 Å². The van der Waals surface area contributed by atoms with E-state index in [0.29, 0.717) is 28.8 Å². The van der Waals surface area contributed by atoms with Crippen LogP contribution >= 0.6 is 35.0 Å². The van der Waals surface area contributed by atoms with Gasteiger partial charge in [-0.3, -0.25) is 4.79 Å². The van der Waals surface area contributed by atoms with Crippen LogP contribution in [0.4, 0.5) is 0 Å². The monoisotopic (exact) mass is 343 g/mol. The van der Waals surface area contributed by atoms with Gasteiger partial charge in [-0.05, 0) is 24.1 Å². The van der Waals surface area contributed by atoms with Crippen LogP contribution in [0.1, 0.15) is 5.56 Å². The third-order valence-electron chi connectivity index (χ3n) is 2.84. The summed E-state index contributed by atoms with van der Waals surface area (Å²) in [6.07, 6.45) is 4.24. The fraction of sp³-hybridized carbons (Fsp3) is 0.286. The lowest BCUT2D eigenvalue weighted by Gasteiger charge is -2.07. The van der Waals surface area contributed by atoms with Gasteiger partial charge < -0.3 is 9.88 Å². The molecule has 0 aliphatic carbocycles. The van der Waals surface area contributed by atoms with Crippen LogP contribution in [0.25, 0.3) is 0 Å². The number of nitrogens with one attached hydrogen (secondary N) is 1. The van der Waals surface area contributed by atoms with Crippen molar-refractivity contribution >= 4 is 40.9 Å². The Hall–Kier alpha value is -1.17. The van der Waals surface area contributed by atoms with E-state index < -0.39 is 0 Å². The molecule has 1 aromatic heterocycles. The van der Waals surface area contributed by atoms with Gasteiger partial charge in [-0.15, -0.1) is 0 Å². The van der Waals surface area contributed by atoms with Crippen molar-refractivity contribution in [2.75, 3.05) is 12.3 Å². The van der Waals surface area contributed by atoms with Crippen LogP contribution in [0.15, 0.2) is 35.7 Å². The molecule has 0 aliphatic heterocycles. The molecule has 0 saturated carbocycles. The number of amides is 1. The lowest BCUT2D eigenvalue weighted by atomic mass is 10.1. The summed E-state index contributed by atoms with van der Waals surface area (Å²) in [5.74, 6) is 0.326. The largest absolute Gasteiger partial charge is 0.355 e.